The summed E-state index contributed by atoms with van der Waals surface area (Å²) >= 11 is 1.92. The van der Waals surface area contributed by atoms with Gasteiger partial charge in [0.15, 0.2) is 11.5 Å². The lowest BCUT2D eigenvalue weighted by molar-refractivity contribution is -0.131. The summed E-state index contributed by atoms with van der Waals surface area (Å²) in [6.45, 7) is 7.30. The Hall–Kier alpha value is -1.78. The quantitative estimate of drug-likeness (QED) is 0.325. The maximum atomic E-state index is 14.0. The van der Waals surface area contributed by atoms with Crippen LogP contribution in [0.3, 0.4) is 0 Å². The van der Waals surface area contributed by atoms with Crippen LogP contribution in [0.15, 0.2) is 18.2 Å². The molecule has 3 aliphatic carbocycles. The number of rotatable bonds is 13. The van der Waals surface area contributed by atoms with Gasteiger partial charge in [0.25, 0.3) is 0 Å². The van der Waals surface area contributed by atoms with Gasteiger partial charge in [-0.25, -0.2) is 8.42 Å². The van der Waals surface area contributed by atoms with E-state index in [2.05, 4.69) is 20.8 Å². The van der Waals surface area contributed by atoms with Crippen LogP contribution in [0, 0.1) is 16.7 Å². The van der Waals surface area contributed by atoms with E-state index in [1.54, 1.807) is 14.2 Å². The van der Waals surface area contributed by atoms with Gasteiger partial charge in [-0.2, -0.15) is 16.1 Å². The lowest BCUT2D eigenvalue weighted by atomic mass is 9.70. The van der Waals surface area contributed by atoms with Crippen LogP contribution in [0.4, 0.5) is 0 Å². The van der Waals surface area contributed by atoms with Crippen LogP contribution in [0.5, 0.6) is 11.5 Å². The van der Waals surface area contributed by atoms with E-state index in [0.717, 1.165) is 37.7 Å². The third kappa shape index (κ3) is 6.03. The Balaban J connectivity index is 1.33. The average molecular weight is 607 g/mol. The maximum absolute atomic E-state index is 14.0. The molecule has 5 rings (SSSR count). The number of methoxy groups -OCH3 is 2. The summed E-state index contributed by atoms with van der Waals surface area (Å²) in [5.74, 6) is 1.32. The van der Waals surface area contributed by atoms with E-state index in [9.17, 15) is 18.0 Å². The maximum Gasteiger partial charge on any atom is 0.237 e. The van der Waals surface area contributed by atoms with Gasteiger partial charge in [-0.3, -0.25) is 9.59 Å². The standard InChI is InChI=1S/C31H46N2O6S2/c1-21-6-10-25(40-21)18-32(15-13-22-7-11-26(38-4)27(16-22)39-5)29(35)19-33(24-8-9-24)41(36,37)20-31-14-12-23(17-28(31)34)30(31,2)3/h7,11,16,21,23-25H,6,8-10,12-15,17-20H2,1-5H3. The molecule has 0 N–H and O–H groups in total. The van der Waals surface area contributed by atoms with E-state index >= 15 is 0 Å². The zero-order chi connectivity index (χ0) is 29.6. The Morgan fingerprint density at radius 1 is 1.07 bits per heavy atom. The van der Waals surface area contributed by atoms with Crippen molar-refractivity contribution in [3.8, 4) is 11.5 Å². The van der Waals surface area contributed by atoms with Gasteiger partial charge in [0, 0.05) is 41.5 Å². The van der Waals surface area contributed by atoms with Crippen molar-refractivity contribution in [3.63, 3.8) is 0 Å². The molecule has 1 aliphatic heterocycles. The molecule has 3 saturated carbocycles. The first-order valence-corrected chi connectivity index (χ1v) is 17.6. The SMILES string of the molecule is COc1ccc(CCN(CC2CCC(C)S2)C(=O)CN(C2CC2)S(=O)(=O)CC23CCC(CC2=O)C3(C)C)cc1OC. The summed E-state index contributed by atoms with van der Waals surface area (Å²) in [7, 11) is -0.601. The molecule has 4 atom stereocenters. The highest BCUT2D eigenvalue weighted by Crippen LogP contribution is 2.64. The van der Waals surface area contributed by atoms with Crippen LogP contribution >= 0.6 is 11.8 Å². The Morgan fingerprint density at radius 2 is 1.80 bits per heavy atom. The molecule has 4 aliphatic rings. The van der Waals surface area contributed by atoms with Gasteiger partial charge in [-0.05, 0) is 74.0 Å². The second kappa shape index (κ2) is 11.7. The van der Waals surface area contributed by atoms with Crippen molar-refractivity contribution in [1.29, 1.82) is 0 Å². The monoisotopic (exact) mass is 606 g/mol. The van der Waals surface area contributed by atoms with Gasteiger partial charge in [0.1, 0.15) is 5.78 Å². The zero-order valence-corrected chi connectivity index (χ0v) is 26.8. The first kappa shape index (κ1) is 30.7. The fraction of sp³-hybridized carbons (Fsp3) is 0.742. The van der Waals surface area contributed by atoms with Gasteiger partial charge in [0.05, 0.1) is 26.5 Å². The number of nitrogens with zero attached hydrogens (tertiary/aromatic N) is 2. The summed E-state index contributed by atoms with van der Waals surface area (Å²) in [5.41, 5.74) is -0.148. The number of carbonyl (C=O) groups is 2. The fourth-order valence-electron chi connectivity index (χ4n) is 7.44. The number of fused-ring (bicyclic) bond motifs is 2. The highest BCUT2D eigenvalue weighted by Gasteiger charge is 2.66. The fourth-order valence-corrected chi connectivity index (χ4v) is 11.3. The summed E-state index contributed by atoms with van der Waals surface area (Å²) in [5, 5.41) is 0.907. The molecule has 4 unspecified atom stereocenters. The van der Waals surface area contributed by atoms with Crippen LogP contribution in [-0.4, -0.2) is 85.5 Å². The second-order valence-electron chi connectivity index (χ2n) is 13.1. The number of hydrogen-bond acceptors (Lipinski definition) is 7. The van der Waals surface area contributed by atoms with Crippen molar-refractivity contribution in [2.24, 2.45) is 16.7 Å². The zero-order valence-electron chi connectivity index (χ0n) is 25.2. The van der Waals surface area contributed by atoms with E-state index in [-0.39, 0.29) is 41.4 Å². The Morgan fingerprint density at radius 3 is 2.37 bits per heavy atom. The third-order valence-electron chi connectivity index (χ3n) is 10.4. The first-order valence-electron chi connectivity index (χ1n) is 15.1. The van der Waals surface area contributed by atoms with E-state index in [0.29, 0.717) is 54.4 Å². The average Bonchev–Trinajstić information content (AvgIpc) is 3.60. The number of sulfonamides is 1. The largest absolute Gasteiger partial charge is 0.493 e. The van der Waals surface area contributed by atoms with Gasteiger partial charge < -0.3 is 14.4 Å². The minimum Gasteiger partial charge on any atom is -0.493 e. The molecule has 41 heavy (non-hydrogen) atoms. The Labute approximate surface area is 249 Å². The molecule has 1 aromatic carbocycles. The predicted octanol–water partition coefficient (Wildman–Crippen LogP) is 4.55. The van der Waals surface area contributed by atoms with Crippen LogP contribution < -0.4 is 9.47 Å². The lowest BCUT2D eigenvalue weighted by Crippen LogP contribution is -2.50. The van der Waals surface area contributed by atoms with Crippen LogP contribution in [-0.2, 0) is 26.0 Å². The normalized spacial score (nSPS) is 28.8. The van der Waals surface area contributed by atoms with E-state index in [4.69, 9.17) is 9.47 Å². The van der Waals surface area contributed by atoms with Crippen molar-refractivity contribution in [2.45, 2.75) is 88.7 Å². The summed E-state index contributed by atoms with van der Waals surface area (Å²) in [4.78, 5) is 28.9. The highest BCUT2D eigenvalue weighted by molar-refractivity contribution is 8.00. The summed E-state index contributed by atoms with van der Waals surface area (Å²) < 4.78 is 40.3. The number of hydrogen-bond donors (Lipinski definition) is 0. The number of thioether (sulfide) groups is 1. The number of amides is 1. The van der Waals surface area contributed by atoms with Crippen LogP contribution in [0.1, 0.15) is 71.3 Å². The van der Waals surface area contributed by atoms with E-state index in [1.807, 2.05) is 34.9 Å². The molecular formula is C31H46N2O6S2. The van der Waals surface area contributed by atoms with Gasteiger partial charge in [-0.1, -0.05) is 26.8 Å². The van der Waals surface area contributed by atoms with Crippen molar-refractivity contribution < 1.29 is 27.5 Å². The van der Waals surface area contributed by atoms with Gasteiger partial charge >= 0.3 is 0 Å². The van der Waals surface area contributed by atoms with Gasteiger partial charge in [0.2, 0.25) is 15.9 Å². The Bertz CT molecular complexity index is 1260. The van der Waals surface area contributed by atoms with Crippen molar-refractivity contribution >= 4 is 33.5 Å². The van der Waals surface area contributed by atoms with E-state index in [1.165, 1.54) is 4.31 Å². The molecule has 1 heterocycles. The predicted molar refractivity (Wildman–Crippen MR) is 162 cm³/mol. The molecule has 0 aromatic heterocycles. The summed E-state index contributed by atoms with van der Waals surface area (Å²) in [6, 6.07) is 5.63. The molecule has 0 radical (unpaired) electrons. The van der Waals surface area contributed by atoms with Crippen molar-refractivity contribution in [3.05, 3.63) is 23.8 Å². The highest BCUT2D eigenvalue weighted by atomic mass is 32.2. The summed E-state index contributed by atoms with van der Waals surface area (Å²) in [6.07, 6.45) is 6.35. The molecule has 1 aromatic rings. The van der Waals surface area contributed by atoms with Crippen molar-refractivity contribution in [1.82, 2.24) is 9.21 Å². The molecule has 0 spiro atoms. The first-order chi connectivity index (χ1) is 19.4. The molecule has 228 valence electrons. The molecule has 4 fully saturated rings. The minimum atomic E-state index is -3.81. The molecule has 10 heteroatoms. The van der Waals surface area contributed by atoms with Gasteiger partial charge in [-0.15, -0.1) is 0 Å². The Kier molecular flexibility index (Phi) is 8.77. The number of benzene rings is 1. The number of carbonyl (C=O) groups excluding carboxylic acids is 2. The third-order valence-corrected chi connectivity index (χ3v) is 13.9. The van der Waals surface area contributed by atoms with Crippen molar-refractivity contribution in [2.75, 3.05) is 39.6 Å². The molecular weight excluding hydrogens is 560 g/mol. The van der Waals surface area contributed by atoms with E-state index < -0.39 is 15.4 Å². The molecule has 8 nitrogen and oxygen atoms in total. The second-order valence-corrected chi connectivity index (χ2v) is 16.8. The smallest absolute Gasteiger partial charge is 0.237 e. The van der Waals surface area contributed by atoms with Crippen LogP contribution in [0.25, 0.3) is 0 Å². The lowest BCUT2D eigenvalue weighted by Gasteiger charge is -2.38. The van der Waals surface area contributed by atoms with Crippen LogP contribution in [0.2, 0.25) is 0 Å². The topological polar surface area (TPSA) is 93.2 Å². The molecule has 1 saturated heterocycles. The number of ketones is 1. The minimum absolute atomic E-state index is 0.0910. The molecule has 2 bridgehead atoms. The number of Topliss-reactive ketones (excluding diaryl/α,β-unsaturated/α-hetero) is 1. The molecule has 1 amide bonds. The number of ether oxygens (including phenoxy) is 2.